The van der Waals surface area contributed by atoms with Crippen molar-refractivity contribution in [3.63, 3.8) is 0 Å². The van der Waals surface area contributed by atoms with Gasteiger partial charge >= 0.3 is 0 Å². The largest absolute Gasteiger partial charge is 0.373 e. The Kier molecular flexibility index (Phi) is 4.80. The Labute approximate surface area is 121 Å². The van der Waals surface area contributed by atoms with Crippen LogP contribution in [0.2, 0.25) is 0 Å². The first kappa shape index (κ1) is 14.3. The third kappa shape index (κ3) is 3.93. The van der Waals surface area contributed by atoms with Crippen LogP contribution in [0.1, 0.15) is 32.6 Å². The zero-order chi connectivity index (χ0) is 13.8. The molecule has 1 atom stereocenters. The molecule has 2 N–H and O–H groups in total. The van der Waals surface area contributed by atoms with Gasteiger partial charge in [-0.15, -0.1) is 0 Å². The molecule has 3 nitrogen and oxygen atoms in total. The lowest BCUT2D eigenvalue weighted by atomic mass is 10.2. The number of hydrogen-bond acceptors (Lipinski definition) is 2. The quantitative estimate of drug-likeness (QED) is 0.888. The summed E-state index contributed by atoms with van der Waals surface area (Å²) in [5.41, 5.74) is 0.718. The van der Waals surface area contributed by atoms with Crippen LogP contribution in [0.5, 0.6) is 0 Å². The molecule has 0 aromatic heterocycles. The lowest BCUT2D eigenvalue weighted by Gasteiger charge is -2.19. The zero-order valence-electron chi connectivity index (χ0n) is 10.9. The molecule has 0 bridgehead atoms. The lowest BCUT2D eigenvalue weighted by molar-refractivity contribution is -0.122. The molecule has 1 aromatic rings. The lowest BCUT2D eigenvalue weighted by Crippen LogP contribution is -2.42. The molecular formula is C14H18BrFN2O. The second kappa shape index (κ2) is 6.37. The van der Waals surface area contributed by atoms with E-state index in [2.05, 4.69) is 26.6 Å². The monoisotopic (exact) mass is 328 g/mol. The van der Waals surface area contributed by atoms with Gasteiger partial charge in [-0.2, -0.15) is 0 Å². The Hall–Kier alpha value is -1.10. The second-order valence-electron chi connectivity index (χ2n) is 4.98. The molecule has 1 amide bonds. The van der Waals surface area contributed by atoms with E-state index in [4.69, 9.17) is 0 Å². The van der Waals surface area contributed by atoms with Gasteiger partial charge in [-0.05, 0) is 53.9 Å². The third-order valence-corrected chi connectivity index (χ3v) is 4.05. The van der Waals surface area contributed by atoms with Gasteiger partial charge in [0.25, 0.3) is 0 Å². The fraction of sp³-hybridized carbons (Fsp3) is 0.500. The fourth-order valence-corrected chi connectivity index (χ4v) is 2.77. The summed E-state index contributed by atoms with van der Waals surface area (Å²) in [6.07, 6.45) is 4.52. The zero-order valence-corrected chi connectivity index (χ0v) is 12.5. The maximum atomic E-state index is 13.0. The van der Waals surface area contributed by atoms with Crippen molar-refractivity contribution in [1.82, 2.24) is 5.32 Å². The predicted octanol–water partition coefficient (Wildman–Crippen LogP) is 3.45. The van der Waals surface area contributed by atoms with Crippen molar-refractivity contribution in [2.75, 3.05) is 5.32 Å². The highest BCUT2D eigenvalue weighted by Crippen LogP contribution is 2.24. The molecule has 0 radical (unpaired) electrons. The van der Waals surface area contributed by atoms with Gasteiger partial charge in [0.05, 0.1) is 0 Å². The summed E-state index contributed by atoms with van der Waals surface area (Å²) in [5, 5.41) is 6.12. The van der Waals surface area contributed by atoms with Crippen molar-refractivity contribution in [1.29, 1.82) is 0 Å². The predicted molar refractivity (Wildman–Crippen MR) is 77.6 cm³/mol. The summed E-state index contributed by atoms with van der Waals surface area (Å²) < 4.78 is 13.6. The van der Waals surface area contributed by atoms with Crippen molar-refractivity contribution in [2.45, 2.75) is 44.7 Å². The topological polar surface area (TPSA) is 41.1 Å². The molecule has 0 saturated heterocycles. The van der Waals surface area contributed by atoms with E-state index in [1.54, 1.807) is 13.0 Å². The summed E-state index contributed by atoms with van der Waals surface area (Å²) in [7, 11) is 0. The van der Waals surface area contributed by atoms with Gasteiger partial charge in [-0.3, -0.25) is 4.79 Å². The maximum Gasteiger partial charge on any atom is 0.242 e. The average molecular weight is 329 g/mol. The highest BCUT2D eigenvalue weighted by molar-refractivity contribution is 9.10. The van der Waals surface area contributed by atoms with Crippen LogP contribution in [0.4, 0.5) is 10.1 Å². The molecule has 2 rings (SSSR count). The van der Waals surface area contributed by atoms with Gasteiger partial charge in [-0.25, -0.2) is 4.39 Å². The van der Waals surface area contributed by atoms with E-state index < -0.39 is 0 Å². The van der Waals surface area contributed by atoms with Crippen LogP contribution >= 0.6 is 15.9 Å². The fourth-order valence-electron chi connectivity index (χ4n) is 2.30. The van der Waals surface area contributed by atoms with Crippen LogP contribution < -0.4 is 10.6 Å². The minimum Gasteiger partial charge on any atom is -0.373 e. The van der Waals surface area contributed by atoms with E-state index in [0.717, 1.165) is 18.5 Å². The normalized spacial score (nSPS) is 17.2. The van der Waals surface area contributed by atoms with Crippen molar-refractivity contribution in [3.8, 4) is 0 Å². The molecule has 0 spiro atoms. The number of amides is 1. The Morgan fingerprint density at radius 1 is 1.42 bits per heavy atom. The van der Waals surface area contributed by atoms with Crippen molar-refractivity contribution in [3.05, 3.63) is 28.5 Å². The number of halogens is 2. The first-order valence-electron chi connectivity index (χ1n) is 6.58. The van der Waals surface area contributed by atoms with Crippen LogP contribution in [0, 0.1) is 5.82 Å². The van der Waals surface area contributed by atoms with Crippen LogP contribution in [-0.4, -0.2) is 18.0 Å². The van der Waals surface area contributed by atoms with Crippen molar-refractivity contribution >= 4 is 27.5 Å². The molecule has 5 heteroatoms. The van der Waals surface area contributed by atoms with E-state index in [1.165, 1.54) is 25.0 Å². The molecule has 0 aliphatic heterocycles. The number of rotatable bonds is 4. The van der Waals surface area contributed by atoms with Crippen molar-refractivity contribution in [2.24, 2.45) is 0 Å². The standard InChI is InChI=1S/C14H18BrFN2O/c1-9(14(19)18-11-4-2-3-5-11)17-13-7-6-10(16)8-12(13)15/h6-9,11,17H,2-5H2,1H3,(H,18,19). The maximum absolute atomic E-state index is 13.0. The molecule has 1 fully saturated rings. The Morgan fingerprint density at radius 3 is 2.74 bits per heavy atom. The molecule has 104 valence electrons. The minimum atomic E-state index is -0.345. The van der Waals surface area contributed by atoms with Gasteiger partial charge in [0, 0.05) is 16.2 Å². The Balaban J connectivity index is 1.92. The summed E-state index contributed by atoms with van der Waals surface area (Å²) in [6, 6.07) is 4.34. The number of hydrogen-bond donors (Lipinski definition) is 2. The van der Waals surface area contributed by atoms with Crippen LogP contribution in [0.15, 0.2) is 22.7 Å². The van der Waals surface area contributed by atoms with E-state index >= 15 is 0 Å². The van der Waals surface area contributed by atoms with Gasteiger partial charge in [-0.1, -0.05) is 12.8 Å². The minimum absolute atomic E-state index is 0.0110. The Bertz CT molecular complexity index is 461. The van der Waals surface area contributed by atoms with Crippen LogP contribution in [0.3, 0.4) is 0 Å². The summed E-state index contributed by atoms with van der Waals surface area (Å²) in [5.74, 6) is -0.316. The first-order chi connectivity index (χ1) is 9.06. The third-order valence-electron chi connectivity index (χ3n) is 3.40. The smallest absolute Gasteiger partial charge is 0.242 e. The highest BCUT2D eigenvalue weighted by atomic mass is 79.9. The number of benzene rings is 1. The summed E-state index contributed by atoms with van der Waals surface area (Å²) >= 11 is 3.28. The van der Waals surface area contributed by atoms with Gasteiger partial charge in [0.15, 0.2) is 0 Å². The molecule has 1 saturated carbocycles. The van der Waals surface area contributed by atoms with E-state index in [1.807, 2.05) is 0 Å². The van der Waals surface area contributed by atoms with Gasteiger partial charge in [0.1, 0.15) is 11.9 Å². The summed E-state index contributed by atoms with van der Waals surface area (Å²) in [6.45, 7) is 1.81. The van der Waals surface area contributed by atoms with Crippen LogP contribution in [-0.2, 0) is 4.79 Å². The molecule has 1 unspecified atom stereocenters. The number of carbonyl (C=O) groups excluding carboxylic acids is 1. The molecule has 19 heavy (non-hydrogen) atoms. The average Bonchev–Trinajstić information content (AvgIpc) is 2.85. The number of carbonyl (C=O) groups is 1. The number of anilines is 1. The first-order valence-corrected chi connectivity index (χ1v) is 7.37. The van der Waals surface area contributed by atoms with Crippen LogP contribution in [0.25, 0.3) is 0 Å². The van der Waals surface area contributed by atoms with E-state index in [-0.39, 0.29) is 17.8 Å². The van der Waals surface area contributed by atoms with E-state index in [0.29, 0.717) is 10.5 Å². The van der Waals surface area contributed by atoms with E-state index in [9.17, 15) is 9.18 Å². The molecular weight excluding hydrogens is 311 g/mol. The highest BCUT2D eigenvalue weighted by Gasteiger charge is 2.20. The molecule has 0 heterocycles. The van der Waals surface area contributed by atoms with Gasteiger partial charge < -0.3 is 10.6 Å². The Morgan fingerprint density at radius 2 is 2.11 bits per heavy atom. The molecule has 1 aromatic carbocycles. The summed E-state index contributed by atoms with van der Waals surface area (Å²) in [4.78, 5) is 12.0. The number of nitrogens with one attached hydrogen (secondary N) is 2. The SMILES string of the molecule is CC(Nc1ccc(F)cc1Br)C(=O)NC1CCCC1. The molecule has 1 aliphatic rings. The second-order valence-corrected chi connectivity index (χ2v) is 5.83. The van der Waals surface area contributed by atoms with Crippen molar-refractivity contribution < 1.29 is 9.18 Å². The van der Waals surface area contributed by atoms with Gasteiger partial charge in [0.2, 0.25) is 5.91 Å². The molecule has 1 aliphatic carbocycles.